The Bertz CT molecular complexity index is 217. The van der Waals surface area contributed by atoms with Crippen LogP contribution >= 0.6 is 0 Å². The lowest BCUT2D eigenvalue weighted by atomic mass is 9.76. The van der Waals surface area contributed by atoms with Crippen LogP contribution in [0.15, 0.2) is 24.2 Å². The molecule has 0 N–H and O–H groups in total. The zero-order valence-corrected chi connectivity index (χ0v) is 7.87. The van der Waals surface area contributed by atoms with Crippen molar-refractivity contribution in [2.45, 2.75) is 38.2 Å². The van der Waals surface area contributed by atoms with Crippen molar-refractivity contribution < 1.29 is 9.47 Å². The van der Waals surface area contributed by atoms with Crippen LogP contribution in [0.25, 0.3) is 0 Å². The van der Waals surface area contributed by atoms with Crippen LogP contribution in [-0.2, 0) is 9.47 Å². The standard InChI is InChI=1S/C10H15BO2/c1-2-4-9(5-3-1)13-10-8-12-7-6-11-10/h6-9,11H,1-5H2. The monoisotopic (exact) mass is 178 g/mol. The summed E-state index contributed by atoms with van der Waals surface area (Å²) in [4.78, 5) is 0. The molecule has 0 aromatic heterocycles. The van der Waals surface area contributed by atoms with Crippen LogP contribution in [0.3, 0.4) is 0 Å². The van der Waals surface area contributed by atoms with E-state index in [9.17, 15) is 0 Å². The average molecular weight is 178 g/mol. The van der Waals surface area contributed by atoms with Crippen molar-refractivity contribution >= 4 is 7.28 Å². The fourth-order valence-electron chi connectivity index (χ4n) is 1.86. The average Bonchev–Trinajstić information content (AvgIpc) is 2.21. The van der Waals surface area contributed by atoms with Gasteiger partial charge in [-0.05, 0) is 25.7 Å². The molecular weight excluding hydrogens is 163 g/mol. The van der Waals surface area contributed by atoms with Crippen LogP contribution in [-0.4, -0.2) is 13.4 Å². The minimum Gasteiger partial charge on any atom is -0.502 e. The predicted octanol–water partition coefficient (Wildman–Crippen LogP) is 2.07. The summed E-state index contributed by atoms with van der Waals surface area (Å²) in [6.07, 6.45) is 10.3. The summed E-state index contributed by atoms with van der Waals surface area (Å²) in [5.74, 6) is 1.98. The highest BCUT2D eigenvalue weighted by Crippen LogP contribution is 2.22. The van der Waals surface area contributed by atoms with Gasteiger partial charge in [-0.1, -0.05) is 12.4 Å². The van der Waals surface area contributed by atoms with E-state index >= 15 is 0 Å². The lowest BCUT2D eigenvalue weighted by Crippen LogP contribution is -2.18. The Labute approximate surface area is 79.8 Å². The van der Waals surface area contributed by atoms with Crippen molar-refractivity contribution in [2.24, 2.45) is 0 Å². The molecule has 0 unspecified atom stereocenters. The maximum absolute atomic E-state index is 5.82. The summed E-state index contributed by atoms with van der Waals surface area (Å²) >= 11 is 0. The summed E-state index contributed by atoms with van der Waals surface area (Å²) in [6.45, 7) is 0. The molecule has 13 heavy (non-hydrogen) atoms. The first-order valence-electron chi connectivity index (χ1n) is 5.11. The fraction of sp³-hybridized carbons (Fsp3) is 0.600. The van der Waals surface area contributed by atoms with Gasteiger partial charge in [0.05, 0.1) is 18.0 Å². The Morgan fingerprint density at radius 3 is 2.85 bits per heavy atom. The molecule has 0 atom stereocenters. The van der Waals surface area contributed by atoms with Gasteiger partial charge in [-0.2, -0.15) is 0 Å². The Balaban J connectivity index is 1.79. The van der Waals surface area contributed by atoms with Crippen LogP contribution < -0.4 is 0 Å². The summed E-state index contributed by atoms with van der Waals surface area (Å²) in [6, 6.07) is 0. The van der Waals surface area contributed by atoms with Crippen LogP contribution in [0.4, 0.5) is 0 Å². The molecule has 0 spiro atoms. The third-order valence-electron chi connectivity index (χ3n) is 2.56. The minimum atomic E-state index is 0.440. The first-order valence-corrected chi connectivity index (χ1v) is 5.11. The molecule has 0 bridgehead atoms. The van der Waals surface area contributed by atoms with Crippen molar-refractivity contribution in [3.63, 3.8) is 0 Å². The van der Waals surface area contributed by atoms with Crippen LogP contribution in [0, 0.1) is 0 Å². The number of hydrogen-bond donors (Lipinski definition) is 0. The highest BCUT2D eigenvalue weighted by molar-refractivity contribution is 6.50. The van der Waals surface area contributed by atoms with E-state index in [1.54, 1.807) is 12.5 Å². The first kappa shape index (κ1) is 8.73. The van der Waals surface area contributed by atoms with Crippen LogP contribution in [0.5, 0.6) is 0 Å². The van der Waals surface area contributed by atoms with Gasteiger partial charge in [0, 0.05) is 0 Å². The van der Waals surface area contributed by atoms with E-state index in [4.69, 9.17) is 9.47 Å². The molecule has 2 aliphatic rings. The van der Waals surface area contributed by atoms with Crippen molar-refractivity contribution in [2.75, 3.05) is 0 Å². The topological polar surface area (TPSA) is 18.5 Å². The first-order chi connectivity index (χ1) is 6.45. The summed E-state index contributed by atoms with van der Waals surface area (Å²) in [5, 5.41) is 0. The third kappa shape index (κ3) is 2.54. The highest BCUT2D eigenvalue weighted by atomic mass is 16.5. The quantitative estimate of drug-likeness (QED) is 0.602. The minimum absolute atomic E-state index is 0.440. The third-order valence-corrected chi connectivity index (χ3v) is 2.56. The van der Waals surface area contributed by atoms with E-state index in [-0.39, 0.29) is 0 Å². The molecule has 70 valence electrons. The van der Waals surface area contributed by atoms with Crippen molar-refractivity contribution in [3.8, 4) is 0 Å². The molecule has 0 radical (unpaired) electrons. The van der Waals surface area contributed by atoms with E-state index in [0.29, 0.717) is 6.10 Å². The van der Waals surface area contributed by atoms with E-state index in [2.05, 4.69) is 0 Å². The van der Waals surface area contributed by atoms with Crippen molar-refractivity contribution in [1.29, 1.82) is 0 Å². The van der Waals surface area contributed by atoms with Crippen LogP contribution in [0.2, 0.25) is 0 Å². The van der Waals surface area contributed by atoms with Gasteiger partial charge >= 0.3 is 0 Å². The van der Waals surface area contributed by atoms with Gasteiger partial charge in [0.2, 0.25) is 7.28 Å². The maximum atomic E-state index is 5.82. The summed E-state index contributed by atoms with van der Waals surface area (Å²) in [7, 11) is 0.885. The Morgan fingerprint density at radius 1 is 1.31 bits per heavy atom. The Morgan fingerprint density at radius 2 is 2.15 bits per heavy atom. The van der Waals surface area contributed by atoms with Gasteiger partial charge in [-0.15, -0.1) is 0 Å². The van der Waals surface area contributed by atoms with Crippen molar-refractivity contribution in [1.82, 2.24) is 0 Å². The Hall–Kier alpha value is -0.855. The molecule has 3 heteroatoms. The number of rotatable bonds is 2. The van der Waals surface area contributed by atoms with Crippen molar-refractivity contribution in [3.05, 3.63) is 24.2 Å². The summed E-state index contributed by atoms with van der Waals surface area (Å²) < 4.78 is 10.9. The van der Waals surface area contributed by atoms with Gasteiger partial charge in [0.1, 0.15) is 6.26 Å². The molecule has 0 aromatic carbocycles. The molecule has 0 aromatic rings. The second kappa shape index (κ2) is 4.40. The second-order valence-electron chi connectivity index (χ2n) is 3.67. The highest BCUT2D eigenvalue weighted by Gasteiger charge is 2.16. The molecule has 1 saturated carbocycles. The normalized spacial score (nSPS) is 22.9. The molecule has 0 saturated heterocycles. The van der Waals surface area contributed by atoms with Gasteiger partial charge in [0.25, 0.3) is 0 Å². The zero-order valence-electron chi connectivity index (χ0n) is 7.87. The van der Waals surface area contributed by atoms with Crippen LogP contribution in [0.1, 0.15) is 32.1 Å². The lowest BCUT2D eigenvalue weighted by molar-refractivity contribution is 0.0908. The number of ether oxygens (including phenoxy) is 2. The van der Waals surface area contributed by atoms with E-state index in [1.165, 1.54) is 32.1 Å². The second-order valence-corrected chi connectivity index (χ2v) is 3.67. The Kier molecular flexibility index (Phi) is 2.96. The van der Waals surface area contributed by atoms with Gasteiger partial charge in [-0.3, -0.25) is 0 Å². The van der Waals surface area contributed by atoms with E-state index < -0.39 is 0 Å². The van der Waals surface area contributed by atoms with Gasteiger partial charge in [0.15, 0.2) is 0 Å². The molecule has 2 nitrogen and oxygen atoms in total. The number of hydrogen-bond acceptors (Lipinski definition) is 2. The predicted molar refractivity (Wildman–Crippen MR) is 53.4 cm³/mol. The molecule has 1 aliphatic heterocycles. The van der Waals surface area contributed by atoms with E-state index in [0.717, 1.165) is 12.9 Å². The van der Waals surface area contributed by atoms with Gasteiger partial charge < -0.3 is 9.47 Å². The lowest BCUT2D eigenvalue weighted by Gasteiger charge is -2.24. The molecule has 1 heterocycles. The molecule has 2 rings (SSSR count). The zero-order chi connectivity index (χ0) is 8.93. The molecule has 1 aliphatic carbocycles. The largest absolute Gasteiger partial charge is 0.502 e. The molecular formula is C10H15BO2. The molecule has 0 amide bonds. The smallest absolute Gasteiger partial charge is 0.236 e. The summed E-state index contributed by atoms with van der Waals surface area (Å²) in [5.41, 5.74) is 0.981. The SMILES string of the molecule is B1C=COC=C1OC1CCCCC1. The fourth-order valence-corrected chi connectivity index (χ4v) is 1.86. The maximum Gasteiger partial charge on any atom is 0.236 e. The molecule has 1 fully saturated rings. The van der Waals surface area contributed by atoms with E-state index in [1.807, 2.05) is 5.98 Å². The van der Waals surface area contributed by atoms with Gasteiger partial charge in [-0.25, -0.2) is 0 Å².